The van der Waals surface area contributed by atoms with E-state index in [1.54, 1.807) is 0 Å². The Morgan fingerprint density at radius 2 is 1.56 bits per heavy atom. The molecule has 0 aromatic rings. The topological polar surface area (TPSA) is 166 Å². The predicted octanol–water partition coefficient (Wildman–Crippen LogP) is 4.30. The zero-order valence-corrected chi connectivity index (χ0v) is 31.3. The van der Waals surface area contributed by atoms with E-state index in [-0.39, 0.29) is 46.1 Å². The molecule has 284 valence electrons. The van der Waals surface area contributed by atoms with E-state index in [1.807, 2.05) is 0 Å². The van der Waals surface area contributed by atoms with Crippen LogP contribution in [-0.2, 0) is 23.9 Å². The molecule has 0 bridgehead atoms. The molecule has 1 saturated heterocycles. The van der Waals surface area contributed by atoms with Crippen molar-refractivity contribution < 1.29 is 49.4 Å². The zero-order valence-electron chi connectivity index (χ0n) is 31.3. The fourth-order valence-electron chi connectivity index (χ4n) is 13.6. The first-order valence-corrected chi connectivity index (χ1v) is 19.0. The third-order valence-corrected chi connectivity index (χ3v) is 16.4. The van der Waals surface area contributed by atoms with Gasteiger partial charge in [-0.25, -0.2) is 0 Å². The second-order valence-corrected chi connectivity index (χ2v) is 18.5. The van der Waals surface area contributed by atoms with E-state index in [2.05, 4.69) is 48.1 Å². The Kier molecular flexibility index (Phi) is 9.96. The van der Waals surface area contributed by atoms with E-state index in [1.165, 1.54) is 7.11 Å². The molecule has 0 radical (unpaired) electrons. The van der Waals surface area contributed by atoms with E-state index in [0.29, 0.717) is 24.2 Å². The lowest BCUT2D eigenvalue weighted by atomic mass is 9.32. The number of carboxylic acid groups (broad SMARTS) is 1. The molecule has 0 spiro atoms. The molecule has 6 fully saturated rings. The quantitative estimate of drug-likeness (QED) is 0.139. The van der Waals surface area contributed by atoms with E-state index in [0.717, 1.165) is 68.4 Å². The van der Waals surface area contributed by atoms with Crippen LogP contribution in [0.5, 0.6) is 0 Å². The van der Waals surface area contributed by atoms with Crippen LogP contribution < -0.4 is 0 Å². The number of esters is 1. The van der Waals surface area contributed by atoms with Gasteiger partial charge in [0.1, 0.15) is 37.1 Å². The minimum atomic E-state index is -1.59. The normalized spacial score (nSPS) is 49.6. The Balaban J connectivity index is 1.19. The van der Waals surface area contributed by atoms with Gasteiger partial charge in [-0.15, -0.1) is 5.06 Å². The largest absolute Gasteiger partial charge is 0.481 e. The van der Waals surface area contributed by atoms with Crippen molar-refractivity contribution in [2.75, 3.05) is 20.3 Å². The molecule has 15 atom stereocenters. The number of aliphatic hydroxyl groups is 4. The van der Waals surface area contributed by atoms with Crippen molar-refractivity contribution >= 4 is 11.9 Å². The maximum Gasteiger partial charge on any atom is 0.323 e. The average molecular weight is 706 g/mol. The molecule has 6 rings (SSSR count). The van der Waals surface area contributed by atoms with Crippen molar-refractivity contribution in [3.63, 3.8) is 0 Å². The van der Waals surface area contributed by atoms with Crippen molar-refractivity contribution in [2.24, 2.45) is 56.7 Å². The first kappa shape index (κ1) is 38.1. The Morgan fingerprint density at radius 3 is 2.18 bits per heavy atom. The number of carboxylic acids is 1. The molecule has 50 heavy (non-hydrogen) atoms. The van der Waals surface area contributed by atoms with Crippen LogP contribution >= 0.6 is 0 Å². The highest BCUT2D eigenvalue weighted by Crippen LogP contribution is 2.77. The number of aliphatic carboxylic acids is 1. The molecular formula is C39H63NO10. The van der Waals surface area contributed by atoms with Gasteiger partial charge in [0, 0.05) is 5.41 Å². The van der Waals surface area contributed by atoms with Crippen molar-refractivity contribution in [3.8, 4) is 0 Å². The van der Waals surface area contributed by atoms with Crippen LogP contribution in [0.1, 0.15) is 106 Å². The lowest BCUT2D eigenvalue weighted by molar-refractivity contribution is -0.327. The summed E-state index contributed by atoms with van der Waals surface area (Å²) in [6, 6.07) is 0. The number of hydroxylamine groups is 2. The van der Waals surface area contributed by atoms with Crippen molar-refractivity contribution in [2.45, 2.75) is 142 Å². The highest BCUT2D eigenvalue weighted by atomic mass is 16.7. The summed E-state index contributed by atoms with van der Waals surface area (Å²) in [4.78, 5) is 31.8. The van der Waals surface area contributed by atoms with Gasteiger partial charge >= 0.3 is 11.9 Å². The van der Waals surface area contributed by atoms with Gasteiger partial charge in [-0.2, -0.15) is 0 Å². The second kappa shape index (κ2) is 13.1. The summed E-state index contributed by atoms with van der Waals surface area (Å²) in [5.41, 5.74) is 0.327. The number of hydrogen-bond donors (Lipinski definition) is 5. The molecule has 11 nitrogen and oxygen atoms in total. The maximum absolute atomic E-state index is 13.5. The SMILES string of the molecule is C=C(C)[C@@H]1CC[C@]2(C(=O)O)CC[C@]3(C)[C@H](CC[C@@H]4[C@@]5(C)CC[C@H](OC(=O)CN(OC)[C@@H]6O[C@@H](CO)[C@@H](O)[C@@H](O)[C@@H]6O)C(C)(C)[C@@H]5CC[C@]43C)[C@@H]12. The van der Waals surface area contributed by atoms with Crippen LogP contribution in [0.2, 0.25) is 0 Å². The van der Waals surface area contributed by atoms with E-state index in [9.17, 15) is 35.1 Å². The van der Waals surface area contributed by atoms with Crippen molar-refractivity contribution in [1.82, 2.24) is 5.06 Å². The van der Waals surface area contributed by atoms with Crippen molar-refractivity contribution in [3.05, 3.63) is 12.2 Å². The molecule has 5 aliphatic carbocycles. The Morgan fingerprint density at radius 1 is 0.860 bits per heavy atom. The highest BCUT2D eigenvalue weighted by molar-refractivity contribution is 5.76. The summed E-state index contributed by atoms with van der Waals surface area (Å²) in [6.07, 6.45) is 1.79. The fraction of sp³-hybridized carbons (Fsp3) is 0.897. The number of fused-ring (bicyclic) bond motifs is 7. The molecule has 5 saturated carbocycles. The minimum absolute atomic E-state index is 0.0348. The summed E-state index contributed by atoms with van der Waals surface area (Å²) in [6.45, 7) is 17.5. The van der Waals surface area contributed by atoms with E-state index >= 15 is 0 Å². The third kappa shape index (κ3) is 5.37. The lowest BCUT2D eigenvalue weighted by Crippen LogP contribution is -2.67. The van der Waals surface area contributed by atoms with Gasteiger partial charge in [0.15, 0.2) is 6.23 Å². The van der Waals surface area contributed by atoms with Crippen molar-refractivity contribution in [1.29, 1.82) is 0 Å². The Labute approximate surface area is 297 Å². The number of rotatable bonds is 8. The molecule has 0 aromatic heterocycles. The second-order valence-electron chi connectivity index (χ2n) is 18.5. The minimum Gasteiger partial charge on any atom is -0.481 e. The smallest absolute Gasteiger partial charge is 0.323 e. The van der Waals surface area contributed by atoms with Gasteiger partial charge in [-0.1, -0.05) is 46.8 Å². The lowest BCUT2D eigenvalue weighted by Gasteiger charge is -2.72. The first-order valence-electron chi connectivity index (χ1n) is 19.0. The number of allylic oxidation sites excluding steroid dienone is 1. The van der Waals surface area contributed by atoms with Crippen LogP contribution in [0.15, 0.2) is 12.2 Å². The highest BCUT2D eigenvalue weighted by Gasteiger charge is 2.72. The number of carbonyl (C=O) groups excluding carboxylic acids is 1. The van der Waals surface area contributed by atoms with Gasteiger partial charge < -0.3 is 35.0 Å². The standard InChI is InChI=1S/C39H63NO10/c1-21(2)22-11-16-39(34(46)47)18-17-37(6)23(29(22)39)9-10-26-36(5)14-13-27(35(3,4)25(36)12-15-38(26,37)7)50-28(42)19-40(48-8)33-32(45)31(44)30(43)24(20-41)49-33/h22-27,29-33,41,43-45H,1,9-20H2,2-8H3,(H,46,47)/t22-,23+,24-,25-,26+,27-,29+,30+,31+,32-,33+,36-,37+,38+,39-/m0/s1. The number of carbonyl (C=O) groups is 2. The summed E-state index contributed by atoms with van der Waals surface area (Å²) in [7, 11) is 1.32. The summed E-state index contributed by atoms with van der Waals surface area (Å²) >= 11 is 0. The molecule has 0 aromatic carbocycles. The maximum atomic E-state index is 13.5. The van der Waals surface area contributed by atoms with Gasteiger partial charge in [-0.3, -0.25) is 14.4 Å². The van der Waals surface area contributed by atoms with Crippen LogP contribution in [-0.4, -0.2) is 99.5 Å². The Hall–Kier alpha value is -1.60. The zero-order chi connectivity index (χ0) is 36.8. The summed E-state index contributed by atoms with van der Waals surface area (Å²) < 4.78 is 11.8. The molecule has 6 aliphatic rings. The monoisotopic (exact) mass is 705 g/mol. The van der Waals surface area contributed by atoms with Gasteiger partial charge in [0.2, 0.25) is 0 Å². The number of aliphatic hydroxyl groups excluding tert-OH is 4. The van der Waals surface area contributed by atoms with Crippen LogP contribution in [0.3, 0.4) is 0 Å². The van der Waals surface area contributed by atoms with Gasteiger partial charge in [-0.05, 0) is 117 Å². The number of hydrogen-bond acceptors (Lipinski definition) is 10. The molecule has 5 N–H and O–H groups in total. The summed E-state index contributed by atoms with van der Waals surface area (Å²) in [5.74, 6) is 0.404. The van der Waals surface area contributed by atoms with E-state index < -0.39 is 54.6 Å². The van der Waals surface area contributed by atoms with Gasteiger partial charge in [0.25, 0.3) is 0 Å². The van der Waals surface area contributed by atoms with Gasteiger partial charge in [0.05, 0.1) is 19.1 Å². The number of ether oxygens (including phenoxy) is 2. The number of nitrogens with zero attached hydrogens (tertiary/aromatic N) is 1. The molecule has 0 unspecified atom stereocenters. The molecule has 0 amide bonds. The molecule has 1 heterocycles. The van der Waals surface area contributed by atoms with Crippen LogP contribution in [0.4, 0.5) is 0 Å². The Bertz CT molecular complexity index is 1340. The molecule has 11 heteroatoms. The summed E-state index contributed by atoms with van der Waals surface area (Å²) in [5, 5.41) is 52.4. The van der Waals surface area contributed by atoms with Crippen LogP contribution in [0.25, 0.3) is 0 Å². The predicted molar refractivity (Wildman–Crippen MR) is 184 cm³/mol. The van der Waals surface area contributed by atoms with Crippen LogP contribution in [0, 0.1) is 56.7 Å². The molecule has 1 aliphatic heterocycles. The average Bonchev–Trinajstić information content (AvgIpc) is 3.46. The first-order chi connectivity index (χ1) is 23.3. The third-order valence-electron chi connectivity index (χ3n) is 16.4. The van der Waals surface area contributed by atoms with E-state index in [4.69, 9.17) is 14.3 Å². The fourth-order valence-corrected chi connectivity index (χ4v) is 13.6. The molecular weight excluding hydrogens is 642 g/mol.